The normalized spacial score (nSPS) is 32.2. The van der Waals surface area contributed by atoms with Crippen LogP contribution in [0, 0.1) is 17.8 Å². The molecule has 2 N–H and O–H groups in total. The summed E-state index contributed by atoms with van der Waals surface area (Å²) in [4.78, 5) is 2.22. The molecule has 0 aliphatic heterocycles. The third kappa shape index (κ3) is 6.74. The second kappa shape index (κ2) is 10.8. The summed E-state index contributed by atoms with van der Waals surface area (Å²) in [5.41, 5.74) is 1.56. The van der Waals surface area contributed by atoms with Crippen LogP contribution < -0.4 is 0 Å². The van der Waals surface area contributed by atoms with Gasteiger partial charge in [-0.3, -0.25) is 0 Å². The molecule has 0 unspecified atom stereocenters. The van der Waals surface area contributed by atoms with Gasteiger partial charge in [0.1, 0.15) is 0 Å². The van der Waals surface area contributed by atoms with Crippen molar-refractivity contribution in [3.8, 4) is 0 Å². The van der Waals surface area contributed by atoms with Gasteiger partial charge in [0.15, 0.2) is 0 Å². The molecule has 0 radical (unpaired) electrons. The lowest BCUT2D eigenvalue weighted by molar-refractivity contribution is 0.139. The topological polar surface area (TPSA) is 43.7 Å². The van der Waals surface area contributed by atoms with Crippen molar-refractivity contribution >= 4 is 11.8 Å². The lowest BCUT2D eigenvalue weighted by atomic mass is 9.90. The maximum Gasteiger partial charge on any atom is 0.0721 e. The molecule has 4 heteroatoms. The number of nitrogens with zero attached hydrogens (tertiary/aromatic N) is 1. The van der Waals surface area contributed by atoms with Crippen molar-refractivity contribution in [3.05, 3.63) is 23.1 Å². The number of allylic oxidation sites excluding steroid dienone is 1. The van der Waals surface area contributed by atoms with Gasteiger partial charge in [0.05, 0.1) is 12.2 Å². The highest BCUT2D eigenvalue weighted by Crippen LogP contribution is 2.50. The zero-order valence-corrected chi connectivity index (χ0v) is 17.0. The molecule has 3 nitrogen and oxygen atoms in total. The van der Waals surface area contributed by atoms with Gasteiger partial charge in [0.25, 0.3) is 0 Å². The molecule has 2 saturated carbocycles. The number of rotatable bonds is 10. The molecule has 144 valence electrons. The molecule has 0 amide bonds. The van der Waals surface area contributed by atoms with Crippen LogP contribution in [0.2, 0.25) is 0 Å². The highest BCUT2D eigenvalue weighted by Gasteiger charge is 2.44. The van der Waals surface area contributed by atoms with E-state index in [-0.39, 0.29) is 18.1 Å². The SMILES string of the molecule is CCCCC[C@H](O)/C=C/[C@@H]1[C@H]2C/C(=C/SCCN(C)C)C[C@H]2C[C@H]1O. The first kappa shape index (κ1) is 21.0. The average molecular weight is 368 g/mol. The molecule has 0 aromatic carbocycles. The molecule has 0 aromatic heterocycles. The van der Waals surface area contributed by atoms with Crippen molar-refractivity contribution < 1.29 is 10.2 Å². The van der Waals surface area contributed by atoms with E-state index in [1.807, 2.05) is 17.8 Å². The number of hydrogen-bond donors (Lipinski definition) is 2. The summed E-state index contributed by atoms with van der Waals surface area (Å²) < 4.78 is 0. The molecule has 25 heavy (non-hydrogen) atoms. The van der Waals surface area contributed by atoms with Crippen LogP contribution in [0.4, 0.5) is 0 Å². The van der Waals surface area contributed by atoms with Gasteiger partial charge in [0, 0.05) is 18.2 Å². The predicted molar refractivity (Wildman–Crippen MR) is 109 cm³/mol. The monoisotopic (exact) mass is 367 g/mol. The third-order valence-electron chi connectivity index (χ3n) is 5.68. The summed E-state index contributed by atoms with van der Waals surface area (Å²) in [5, 5.41) is 22.9. The van der Waals surface area contributed by atoms with E-state index < -0.39 is 0 Å². The Bertz CT molecular complexity index is 449. The highest BCUT2D eigenvalue weighted by atomic mass is 32.2. The maximum absolute atomic E-state index is 10.4. The van der Waals surface area contributed by atoms with Crippen LogP contribution in [0.3, 0.4) is 0 Å². The summed E-state index contributed by atoms with van der Waals surface area (Å²) in [6.07, 6.45) is 11.0. The van der Waals surface area contributed by atoms with E-state index in [1.165, 1.54) is 12.8 Å². The van der Waals surface area contributed by atoms with E-state index in [1.54, 1.807) is 5.57 Å². The Labute approximate surface area is 158 Å². The summed E-state index contributed by atoms with van der Waals surface area (Å²) >= 11 is 1.92. The minimum absolute atomic E-state index is 0.225. The van der Waals surface area contributed by atoms with Gasteiger partial charge >= 0.3 is 0 Å². The Morgan fingerprint density at radius 1 is 1.28 bits per heavy atom. The van der Waals surface area contributed by atoms with E-state index in [2.05, 4.69) is 37.4 Å². The van der Waals surface area contributed by atoms with E-state index >= 15 is 0 Å². The molecule has 0 spiro atoms. The Kier molecular flexibility index (Phi) is 9.05. The Balaban J connectivity index is 1.82. The van der Waals surface area contributed by atoms with Gasteiger partial charge in [-0.25, -0.2) is 0 Å². The van der Waals surface area contributed by atoms with E-state index in [0.29, 0.717) is 11.8 Å². The van der Waals surface area contributed by atoms with Gasteiger partial charge < -0.3 is 15.1 Å². The Hall–Kier alpha value is -0.290. The van der Waals surface area contributed by atoms with E-state index in [9.17, 15) is 10.2 Å². The maximum atomic E-state index is 10.4. The fourth-order valence-electron chi connectivity index (χ4n) is 4.24. The molecule has 2 aliphatic rings. The van der Waals surface area contributed by atoms with Gasteiger partial charge in [-0.2, -0.15) is 0 Å². The zero-order valence-electron chi connectivity index (χ0n) is 16.2. The Morgan fingerprint density at radius 3 is 2.80 bits per heavy atom. The lowest BCUT2D eigenvalue weighted by Gasteiger charge is -2.17. The van der Waals surface area contributed by atoms with Crippen molar-refractivity contribution in [2.45, 2.75) is 64.1 Å². The van der Waals surface area contributed by atoms with Crippen molar-refractivity contribution in [3.63, 3.8) is 0 Å². The smallest absolute Gasteiger partial charge is 0.0721 e. The number of hydrogen-bond acceptors (Lipinski definition) is 4. The number of aliphatic hydroxyl groups excluding tert-OH is 2. The van der Waals surface area contributed by atoms with E-state index in [0.717, 1.165) is 44.4 Å². The molecule has 5 atom stereocenters. The molecular formula is C21H37NO2S. The predicted octanol–water partition coefficient (Wildman–Crippen LogP) is 4.07. The average Bonchev–Trinajstić information content (AvgIpc) is 3.06. The molecule has 0 aromatic rings. The van der Waals surface area contributed by atoms with Crippen molar-refractivity contribution in [1.29, 1.82) is 0 Å². The summed E-state index contributed by atoms with van der Waals surface area (Å²) in [6.45, 7) is 3.29. The van der Waals surface area contributed by atoms with Crippen LogP contribution in [-0.4, -0.2) is 53.7 Å². The van der Waals surface area contributed by atoms with Crippen molar-refractivity contribution in [1.82, 2.24) is 4.90 Å². The fourth-order valence-corrected chi connectivity index (χ4v) is 5.25. The standard InChI is InChI=1S/C21H37NO2S/c1-4-5-6-7-18(23)8-9-19-20-13-16(12-17(20)14-21(19)24)15-25-11-10-22(2)3/h8-9,15,17-21,23-24H,4-7,10-14H2,1-3H3/b9-8+,16-15+/t17-,18-,19+,20-,21+/m0/s1. The zero-order chi connectivity index (χ0) is 18.2. The number of fused-ring (bicyclic) bond motifs is 1. The molecule has 0 heterocycles. The van der Waals surface area contributed by atoms with Gasteiger partial charge in [0.2, 0.25) is 0 Å². The second-order valence-electron chi connectivity index (χ2n) is 8.11. The third-order valence-corrected chi connectivity index (χ3v) is 6.59. The first-order valence-electron chi connectivity index (χ1n) is 10.00. The van der Waals surface area contributed by atoms with Crippen LogP contribution in [0.25, 0.3) is 0 Å². The van der Waals surface area contributed by atoms with Crippen molar-refractivity contribution in [2.75, 3.05) is 26.4 Å². The molecule has 0 saturated heterocycles. The first-order chi connectivity index (χ1) is 12.0. The fraction of sp³-hybridized carbons (Fsp3) is 0.810. The molecule has 2 fully saturated rings. The number of unbranched alkanes of at least 4 members (excludes halogenated alkanes) is 2. The van der Waals surface area contributed by atoms with Crippen LogP contribution in [-0.2, 0) is 0 Å². The molecule has 2 rings (SSSR count). The van der Waals surface area contributed by atoms with Crippen molar-refractivity contribution in [2.24, 2.45) is 17.8 Å². The molecule has 0 bridgehead atoms. The minimum Gasteiger partial charge on any atom is -0.392 e. The van der Waals surface area contributed by atoms with Gasteiger partial charge in [-0.15, -0.1) is 11.8 Å². The van der Waals surface area contributed by atoms with Crippen LogP contribution >= 0.6 is 11.8 Å². The Morgan fingerprint density at radius 2 is 2.08 bits per heavy atom. The first-order valence-corrected chi connectivity index (χ1v) is 11.0. The van der Waals surface area contributed by atoms with Gasteiger partial charge in [-0.05, 0) is 57.0 Å². The highest BCUT2D eigenvalue weighted by molar-refractivity contribution is 8.02. The summed E-state index contributed by atoms with van der Waals surface area (Å²) in [7, 11) is 4.23. The lowest BCUT2D eigenvalue weighted by Crippen LogP contribution is -2.17. The molecular weight excluding hydrogens is 330 g/mol. The largest absolute Gasteiger partial charge is 0.392 e. The number of aliphatic hydroxyl groups is 2. The van der Waals surface area contributed by atoms with Gasteiger partial charge in [-0.1, -0.05) is 43.9 Å². The summed E-state index contributed by atoms with van der Waals surface area (Å²) in [6, 6.07) is 0. The summed E-state index contributed by atoms with van der Waals surface area (Å²) in [5.74, 6) is 2.56. The second-order valence-corrected chi connectivity index (χ2v) is 9.09. The minimum atomic E-state index is -0.351. The van der Waals surface area contributed by atoms with Crippen LogP contribution in [0.5, 0.6) is 0 Å². The quantitative estimate of drug-likeness (QED) is 0.451. The molecule has 2 aliphatic carbocycles. The van der Waals surface area contributed by atoms with E-state index in [4.69, 9.17) is 0 Å². The van der Waals surface area contributed by atoms with Crippen LogP contribution in [0.15, 0.2) is 23.1 Å². The van der Waals surface area contributed by atoms with Crippen LogP contribution in [0.1, 0.15) is 51.9 Å². The number of thioether (sulfide) groups is 1.